The van der Waals surface area contributed by atoms with Crippen LogP contribution < -0.4 is 5.32 Å². The van der Waals surface area contributed by atoms with E-state index in [0.717, 1.165) is 17.8 Å². The summed E-state index contributed by atoms with van der Waals surface area (Å²) < 4.78 is 0. The van der Waals surface area contributed by atoms with Crippen molar-refractivity contribution >= 4 is 28.8 Å². The van der Waals surface area contributed by atoms with Gasteiger partial charge >= 0.3 is 0 Å². The zero-order valence-corrected chi connectivity index (χ0v) is 11.3. The van der Waals surface area contributed by atoms with Gasteiger partial charge in [0, 0.05) is 5.56 Å². The van der Waals surface area contributed by atoms with Crippen LogP contribution in [0.1, 0.15) is 31.0 Å². The zero-order valence-electron chi connectivity index (χ0n) is 9.77. The molecule has 0 radical (unpaired) electrons. The van der Waals surface area contributed by atoms with Crippen molar-refractivity contribution in [3.8, 4) is 0 Å². The van der Waals surface area contributed by atoms with Gasteiger partial charge in [-0.3, -0.25) is 0 Å². The topological polar surface area (TPSA) is 37.8 Å². The van der Waals surface area contributed by atoms with Crippen LogP contribution in [0.3, 0.4) is 0 Å². The molecular formula is C12H14ClN3S. The highest BCUT2D eigenvalue weighted by molar-refractivity contribution is 7.07. The van der Waals surface area contributed by atoms with Crippen LogP contribution in [0.25, 0.3) is 0 Å². The molecule has 0 aliphatic carbocycles. The number of halogens is 1. The summed E-state index contributed by atoms with van der Waals surface area (Å²) in [6.07, 6.45) is 2.31. The van der Waals surface area contributed by atoms with Gasteiger partial charge in [0.15, 0.2) is 0 Å². The standard InChI is InChI=1S/C12H14ClN3S/c1-3-10-11(13)14-7-15-12(10)16-8(2)9-4-5-17-6-9/h4-8H,3H2,1-2H3,(H,14,15,16). The third-order valence-electron chi connectivity index (χ3n) is 2.64. The molecule has 2 aromatic heterocycles. The molecule has 0 saturated carbocycles. The van der Waals surface area contributed by atoms with Crippen LogP contribution in [0, 0.1) is 0 Å². The van der Waals surface area contributed by atoms with Crippen molar-refractivity contribution in [3.63, 3.8) is 0 Å². The van der Waals surface area contributed by atoms with E-state index in [1.54, 1.807) is 11.3 Å². The molecule has 0 amide bonds. The molecular weight excluding hydrogens is 254 g/mol. The van der Waals surface area contributed by atoms with Crippen molar-refractivity contribution in [2.24, 2.45) is 0 Å². The van der Waals surface area contributed by atoms with E-state index in [1.165, 1.54) is 11.9 Å². The lowest BCUT2D eigenvalue weighted by Gasteiger charge is -2.16. The summed E-state index contributed by atoms with van der Waals surface area (Å²) in [4.78, 5) is 8.25. The van der Waals surface area contributed by atoms with Gasteiger partial charge in [0.1, 0.15) is 17.3 Å². The number of anilines is 1. The quantitative estimate of drug-likeness (QED) is 0.853. The highest BCUT2D eigenvalue weighted by Crippen LogP contribution is 2.25. The van der Waals surface area contributed by atoms with E-state index in [0.29, 0.717) is 5.15 Å². The van der Waals surface area contributed by atoms with Crippen LogP contribution in [-0.4, -0.2) is 9.97 Å². The molecule has 5 heteroatoms. The predicted octanol–water partition coefficient (Wildman–Crippen LogP) is 3.93. The highest BCUT2D eigenvalue weighted by Gasteiger charge is 2.11. The predicted molar refractivity (Wildman–Crippen MR) is 72.8 cm³/mol. The van der Waals surface area contributed by atoms with Crippen molar-refractivity contribution < 1.29 is 0 Å². The third-order valence-corrected chi connectivity index (χ3v) is 3.67. The fourth-order valence-corrected chi connectivity index (χ4v) is 2.66. The number of aromatic nitrogens is 2. The first kappa shape index (κ1) is 12.3. The van der Waals surface area contributed by atoms with Gasteiger partial charge in [-0.05, 0) is 35.7 Å². The minimum absolute atomic E-state index is 0.220. The van der Waals surface area contributed by atoms with Gasteiger partial charge in [-0.25, -0.2) is 9.97 Å². The smallest absolute Gasteiger partial charge is 0.137 e. The summed E-state index contributed by atoms with van der Waals surface area (Å²) >= 11 is 7.74. The number of nitrogens with one attached hydrogen (secondary N) is 1. The fourth-order valence-electron chi connectivity index (χ4n) is 1.64. The van der Waals surface area contributed by atoms with Gasteiger partial charge in [-0.1, -0.05) is 18.5 Å². The van der Waals surface area contributed by atoms with Crippen molar-refractivity contribution in [1.82, 2.24) is 9.97 Å². The van der Waals surface area contributed by atoms with E-state index in [1.807, 2.05) is 6.92 Å². The van der Waals surface area contributed by atoms with E-state index in [-0.39, 0.29) is 6.04 Å². The molecule has 1 unspecified atom stereocenters. The minimum atomic E-state index is 0.220. The van der Waals surface area contributed by atoms with Crippen LogP contribution in [0.5, 0.6) is 0 Å². The van der Waals surface area contributed by atoms with E-state index in [9.17, 15) is 0 Å². The molecule has 0 fully saturated rings. The van der Waals surface area contributed by atoms with Crippen LogP contribution in [0.2, 0.25) is 5.15 Å². The molecule has 0 bridgehead atoms. The number of thiophene rings is 1. The number of hydrogen-bond acceptors (Lipinski definition) is 4. The molecule has 0 aromatic carbocycles. The lowest BCUT2D eigenvalue weighted by molar-refractivity contribution is 0.867. The molecule has 2 aromatic rings. The van der Waals surface area contributed by atoms with E-state index < -0.39 is 0 Å². The van der Waals surface area contributed by atoms with Crippen molar-refractivity contribution in [2.45, 2.75) is 26.3 Å². The number of hydrogen-bond donors (Lipinski definition) is 1. The molecule has 1 atom stereocenters. The first-order chi connectivity index (χ1) is 8.22. The van der Waals surface area contributed by atoms with E-state index in [2.05, 4.69) is 39.0 Å². The lowest BCUT2D eigenvalue weighted by Crippen LogP contribution is -2.09. The number of rotatable bonds is 4. The molecule has 0 saturated heterocycles. The Labute approximate surface area is 110 Å². The van der Waals surface area contributed by atoms with Crippen molar-refractivity contribution in [1.29, 1.82) is 0 Å². The van der Waals surface area contributed by atoms with Crippen LogP contribution in [-0.2, 0) is 6.42 Å². The summed E-state index contributed by atoms with van der Waals surface area (Å²) in [5.41, 5.74) is 2.23. The fraction of sp³-hybridized carbons (Fsp3) is 0.333. The average molecular weight is 268 g/mol. The second kappa shape index (κ2) is 5.47. The second-order valence-corrected chi connectivity index (χ2v) is 4.91. The monoisotopic (exact) mass is 267 g/mol. The normalized spacial score (nSPS) is 12.4. The molecule has 2 rings (SSSR count). The van der Waals surface area contributed by atoms with Gasteiger partial charge < -0.3 is 5.32 Å². The molecule has 0 aliphatic rings. The molecule has 0 aliphatic heterocycles. The Balaban J connectivity index is 2.21. The van der Waals surface area contributed by atoms with Gasteiger partial charge in [-0.2, -0.15) is 11.3 Å². The van der Waals surface area contributed by atoms with Gasteiger partial charge in [0.25, 0.3) is 0 Å². The Kier molecular flexibility index (Phi) is 3.97. The maximum absolute atomic E-state index is 6.05. The summed E-state index contributed by atoms with van der Waals surface area (Å²) in [6.45, 7) is 4.16. The van der Waals surface area contributed by atoms with E-state index in [4.69, 9.17) is 11.6 Å². The lowest BCUT2D eigenvalue weighted by atomic mass is 10.1. The van der Waals surface area contributed by atoms with Crippen LogP contribution >= 0.6 is 22.9 Å². The Morgan fingerprint density at radius 1 is 1.47 bits per heavy atom. The molecule has 0 spiro atoms. The molecule has 3 nitrogen and oxygen atoms in total. The Morgan fingerprint density at radius 2 is 2.29 bits per heavy atom. The molecule has 90 valence electrons. The largest absolute Gasteiger partial charge is 0.363 e. The molecule has 17 heavy (non-hydrogen) atoms. The summed E-state index contributed by atoms with van der Waals surface area (Å²) in [7, 11) is 0. The van der Waals surface area contributed by atoms with Crippen LogP contribution in [0.15, 0.2) is 23.2 Å². The van der Waals surface area contributed by atoms with Crippen molar-refractivity contribution in [2.75, 3.05) is 5.32 Å². The first-order valence-electron chi connectivity index (χ1n) is 5.50. The SMILES string of the molecule is CCc1c(Cl)ncnc1NC(C)c1ccsc1. The third kappa shape index (κ3) is 2.76. The Morgan fingerprint density at radius 3 is 2.94 bits per heavy atom. The highest BCUT2D eigenvalue weighted by atomic mass is 35.5. The summed E-state index contributed by atoms with van der Waals surface area (Å²) in [5.74, 6) is 0.825. The van der Waals surface area contributed by atoms with Crippen LogP contribution in [0.4, 0.5) is 5.82 Å². The minimum Gasteiger partial charge on any atom is -0.363 e. The van der Waals surface area contributed by atoms with Gasteiger partial charge in [0.05, 0.1) is 6.04 Å². The number of nitrogens with zero attached hydrogens (tertiary/aromatic N) is 2. The van der Waals surface area contributed by atoms with Crippen molar-refractivity contribution in [3.05, 3.63) is 39.4 Å². The van der Waals surface area contributed by atoms with Gasteiger partial charge in [-0.15, -0.1) is 0 Å². The summed E-state index contributed by atoms with van der Waals surface area (Å²) in [6, 6.07) is 2.33. The first-order valence-corrected chi connectivity index (χ1v) is 6.82. The zero-order chi connectivity index (χ0) is 12.3. The molecule has 2 heterocycles. The Hall–Kier alpha value is -1.13. The summed E-state index contributed by atoms with van der Waals surface area (Å²) in [5, 5.41) is 8.11. The maximum atomic E-state index is 6.05. The van der Waals surface area contributed by atoms with E-state index >= 15 is 0 Å². The second-order valence-electron chi connectivity index (χ2n) is 3.77. The maximum Gasteiger partial charge on any atom is 0.137 e. The Bertz CT molecular complexity index is 485. The van der Waals surface area contributed by atoms with Gasteiger partial charge in [0.2, 0.25) is 0 Å². The molecule has 1 N–H and O–H groups in total. The average Bonchev–Trinajstić information content (AvgIpc) is 2.82.